The fraction of sp³-hybridized carbons (Fsp3) is 0.667. The Kier molecular flexibility index (Phi) is 4.33. The second-order valence-corrected chi connectivity index (χ2v) is 7.04. The van der Waals surface area contributed by atoms with Crippen LogP contribution in [0.5, 0.6) is 0 Å². The fourth-order valence-electron chi connectivity index (χ4n) is 3.14. The summed E-state index contributed by atoms with van der Waals surface area (Å²) in [6.45, 7) is 7.62. The predicted molar refractivity (Wildman–Crippen MR) is 85.9 cm³/mol. The minimum atomic E-state index is -0.165. The monoisotopic (exact) mass is 322 g/mol. The Bertz CT molecular complexity index is 538. The summed E-state index contributed by atoms with van der Waals surface area (Å²) in [7, 11) is 0. The Balaban J connectivity index is 1.55. The predicted octanol–water partition coefficient (Wildman–Crippen LogP) is 1.05. The van der Waals surface area contributed by atoms with Gasteiger partial charge < -0.3 is 14.7 Å². The lowest BCUT2D eigenvalue weighted by molar-refractivity contribution is -0.136. The summed E-state index contributed by atoms with van der Waals surface area (Å²) in [5.41, 5.74) is 0. The largest absolute Gasteiger partial charge is 0.345 e. The van der Waals surface area contributed by atoms with Gasteiger partial charge in [0.05, 0.1) is 5.92 Å². The average molecular weight is 322 g/mol. The number of carbonyl (C=O) groups excluding carboxylic acids is 2. The van der Waals surface area contributed by atoms with Crippen molar-refractivity contribution in [2.24, 2.45) is 5.92 Å². The number of anilines is 1. The van der Waals surface area contributed by atoms with Crippen molar-refractivity contribution in [3.05, 3.63) is 11.6 Å². The van der Waals surface area contributed by atoms with E-state index >= 15 is 0 Å². The number of likely N-dealkylation sites (tertiary alicyclic amines) is 1. The van der Waals surface area contributed by atoms with Crippen LogP contribution in [0.4, 0.5) is 5.13 Å². The number of rotatable bonds is 3. The number of hydrogen-bond donors (Lipinski definition) is 0. The third-order valence-corrected chi connectivity index (χ3v) is 5.24. The molecule has 1 aromatic heterocycles. The maximum Gasteiger partial charge on any atom is 0.228 e. The van der Waals surface area contributed by atoms with Crippen LogP contribution in [0.15, 0.2) is 11.6 Å². The van der Waals surface area contributed by atoms with Crippen molar-refractivity contribution in [2.45, 2.75) is 26.3 Å². The van der Waals surface area contributed by atoms with Crippen molar-refractivity contribution in [2.75, 3.05) is 37.6 Å². The first kappa shape index (κ1) is 15.3. The fourth-order valence-corrected chi connectivity index (χ4v) is 3.84. The number of carbonyl (C=O) groups is 2. The standard InChI is InChI=1S/C15H22N4O2S/c1-11(2)19-10-12(9-13(19)20)14(21)17-4-6-18(7-5-17)15-16-3-8-22-15/h3,8,11-12H,4-7,9-10H2,1-2H3/t12-/m1/s1. The molecule has 7 heteroatoms. The van der Waals surface area contributed by atoms with Crippen LogP contribution in [0.3, 0.4) is 0 Å². The van der Waals surface area contributed by atoms with Gasteiger partial charge >= 0.3 is 0 Å². The van der Waals surface area contributed by atoms with Gasteiger partial charge in [0.2, 0.25) is 11.8 Å². The van der Waals surface area contributed by atoms with Crippen LogP contribution in [-0.2, 0) is 9.59 Å². The molecule has 0 bridgehead atoms. The molecule has 2 saturated heterocycles. The van der Waals surface area contributed by atoms with E-state index in [0.29, 0.717) is 26.1 Å². The van der Waals surface area contributed by atoms with Gasteiger partial charge in [-0.3, -0.25) is 9.59 Å². The number of aromatic nitrogens is 1. The van der Waals surface area contributed by atoms with E-state index in [-0.39, 0.29) is 23.8 Å². The van der Waals surface area contributed by atoms with Gasteiger partial charge in [-0.1, -0.05) is 0 Å². The van der Waals surface area contributed by atoms with E-state index in [1.807, 2.05) is 35.2 Å². The molecule has 0 saturated carbocycles. The maximum absolute atomic E-state index is 12.6. The molecule has 22 heavy (non-hydrogen) atoms. The molecule has 0 unspecified atom stereocenters. The lowest BCUT2D eigenvalue weighted by Gasteiger charge is -2.35. The minimum absolute atomic E-state index is 0.106. The smallest absolute Gasteiger partial charge is 0.228 e. The van der Waals surface area contributed by atoms with Crippen LogP contribution in [-0.4, -0.2) is 65.4 Å². The van der Waals surface area contributed by atoms with E-state index in [0.717, 1.165) is 18.2 Å². The Labute approximate surface area is 134 Å². The highest BCUT2D eigenvalue weighted by atomic mass is 32.1. The van der Waals surface area contributed by atoms with Crippen molar-refractivity contribution in [3.63, 3.8) is 0 Å². The van der Waals surface area contributed by atoms with Crippen LogP contribution in [0.2, 0.25) is 0 Å². The topological polar surface area (TPSA) is 56.8 Å². The molecule has 2 aliphatic heterocycles. The van der Waals surface area contributed by atoms with E-state index in [9.17, 15) is 9.59 Å². The van der Waals surface area contributed by atoms with Crippen LogP contribution in [0.25, 0.3) is 0 Å². The molecular formula is C15H22N4O2S. The van der Waals surface area contributed by atoms with Crippen molar-refractivity contribution in [1.82, 2.24) is 14.8 Å². The van der Waals surface area contributed by atoms with Gasteiger partial charge in [-0.05, 0) is 13.8 Å². The first-order valence-electron chi connectivity index (χ1n) is 7.79. The molecule has 6 nitrogen and oxygen atoms in total. The van der Waals surface area contributed by atoms with Gasteiger partial charge in [0.15, 0.2) is 5.13 Å². The van der Waals surface area contributed by atoms with Crippen molar-refractivity contribution in [1.29, 1.82) is 0 Å². The van der Waals surface area contributed by atoms with Crippen molar-refractivity contribution < 1.29 is 9.59 Å². The van der Waals surface area contributed by atoms with Gasteiger partial charge in [0.1, 0.15) is 0 Å². The van der Waals surface area contributed by atoms with Crippen LogP contribution >= 0.6 is 11.3 Å². The zero-order valence-electron chi connectivity index (χ0n) is 13.1. The van der Waals surface area contributed by atoms with Gasteiger partial charge in [0, 0.05) is 56.8 Å². The molecule has 120 valence electrons. The van der Waals surface area contributed by atoms with Gasteiger partial charge in [0.25, 0.3) is 0 Å². The normalized spacial score (nSPS) is 22.8. The number of thiazole rings is 1. The zero-order valence-corrected chi connectivity index (χ0v) is 13.9. The highest BCUT2D eigenvalue weighted by molar-refractivity contribution is 7.13. The summed E-state index contributed by atoms with van der Waals surface area (Å²) in [5, 5.41) is 2.99. The summed E-state index contributed by atoms with van der Waals surface area (Å²) in [6, 6.07) is 0.173. The number of amides is 2. The SMILES string of the molecule is CC(C)N1C[C@H](C(=O)N2CCN(c3nccs3)CC2)CC1=O. The molecule has 0 N–H and O–H groups in total. The van der Waals surface area contributed by atoms with Gasteiger partial charge in [-0.2, -0.15) is 0 Å². The molecule has 0 radical (unpaired) electrons. The summed E-state index contributed by atoms with van der Waals surface area (Å²) in [5.74, 6) is 0.0753. The second kappa shape index (κ2) is 6.24. The number of piperazine rings is 1. The molecule has 2 aliphatic rings. The van der Waals surface area contributed by atoms with E-state index < -0.39 is 0 Å². The molecule has 2 fully saturated rings. The molecule has 1 atom stereocenters. The summed E-state index contributed by atoms with van der Waals surface area (Å²) < 4.78 is 0. The highest BCUT2D eigenvalue weighted by Gasteiger charge is 2.38. The lowest BCUT2D eigenvalue weighted by atomic mass is 10.1. The third-order valence-electron chi connectivity index (χ3n) is 4.41. The Hall–Kier alpha value is -1.63. The molecule has 3 rings (SSSR count). The van der Waals surface area contributed by atoms with E-state index in [1.54, 1.807) is 11.3 Å². The van der Waals surface area contributed by atoms with Crippen LogP contribution < -0.4 is 4.90 Å². The molecule has 3 heterocycles. The molecule has 1 aromatic rings. The van der Waals surface area contributed by atoms with Crippen molar-refractivity contribution in [3.8, 4) is 0 Å². The first-order valence-corrected chi connectivity index (χ1v) is 8.67. The Morgan fingerprint density at radius 3 is 2.59 bits per heavy atom. The molecule has 0 spiro atoms. The van der Waals surface area contributed by atoms with E-state index in [2.05, 4.69) is 9.88 Å². The Morgan fingerprint density at radius 2 is 2.05 bits per heavy atom. The van der Waals surface area contributed by atoms with Gasteiger partial charge in [-0.15, -0.1) is 11.3 Å². The highest BCUT2D eigenvalue weighted by Crippen LogP contribution is 2.24. The van der Waals surface area contributed by atoms with Crippen LogP contribution in [0, 0.1) is 5.92 Å². The first-order chi connectivity index (χ1) is 10.6. The molecule has 0 aromatic carbocycles. The second-order valence-electron chi connectivity index (χ2n) is 6.17. The van der Waals surface area contributed by atoms with Gasteiger partial charge in [-0.25, -0.2) is 4.98 Å². The Morgan fingerprint density at radius 1 is 1.32 bits per heavy atom. The maximum atomic E-state index is 12.6. The zero-order chi connectivity index (χ0) is 15.7. The van der Waals surface area contributed by atoms with E-state index in [1.165, 1.54) is 0 Å². The number of hydrogen-bond acceptors (Lipinski definition) is 5. The lowest BCUT2D eigenvalue weighted by Crippen LogP contribution is -2.50. The summed E-state index contributed by atoms with van der Waals surface area (Å²) >= 11 is 1.63. The molecule has 0 aliphatic carbocycles. The third kappa shape index (κ3) is 2.95. The van der Waals surface area contributed by atoms with Crippen LogP contribution in [0.1, 0.15) is 20.3 Å². The summed E-state index contributed by atoms with van der Waals surface area (Å²) in [6.07, 6.45) is 2.17. The molecule has 2 amide bonds. The van der Waals surface area contributed by atoms with Crippen molar-refractivity contribution >= 4 is 28.3 Å². The average Bonchev–Trinajstić information content (AvgIpc) is 3.16. The van der Waals surface area contributed by atoms with E-state index in [4.69, 9.17) is 0 Å². The molecular weight excluding hydrogens is 300 g/mol. The number of nitrogens with zero attached hydrogens (tertiary/aromatic N) is 4. The summed E-state index contributed by atoms with van der Waals surface area (Å²) in [4.78, 5) is 34.8. The minimum Gasteiger partial charge on any atom is -0.345 e. The quantitative estimate of drug-likeness (QED) is 0.835.